The maximum atomic E-state index is 12.2. The summed E-state index contributed by atoms with van der Waals surface area (Å²) < 4.78 is 16.4. The van der Waals surface area contributed by atoms with Crippen molar-refractivity contribution in [2.45, 2.75) is 38.7 Å². The lowest BCUT2D eigenvalue weighted by molar-refractivity contribution is -0.0300. The Morgan fingerprint density at radius 2 is 2.12 bits per heavy atom. The Bertz CT molecular complexity index is 497. The van der Waals surface area contributed by atoms with Gasteiger partial charge >= 0.3 is 6.09 Å². The van der Waals surface area contributed by atoms with E-state index >= 15 is 0 Å². The molecule has 1 amide bonds. The van der Waals surface area contributed by atoms with E-state index in [1.54, 1.807) is 12.0 Å². The number of benzene rings is 1. The van der Waals surface area contributed by atoms with Crippen LogP contribution in [0, 0.1) is 0 Å². The van der Waals surface area contributed by atoms with Crippen LogP contribution in [0.15, 0.2) is 30.3 Å². The minimum atomic E-state index is -0.287. The number of amides is 1. The van der Waals surface area contributed by atoms with Crippen LogP contribution in [-0.4, -0.2) is 62.6 Å². The van der Waals surface area contributed by atoms with Crippen molar-refractivity contribution >= 4 is 6.09 Å². The van der Waals surface area contributed by atoms with Crippen LogP contribution in [0.1, 0.15) is 19.4 Å². The third kappa shape index (κ3) is 5.78. The number of rotatable bonds is 7. The van der Waals surface area contributed by atoms with Crippen molar-refractivity contribution < 1.29 is 19.0 Å². The quantitative estimate of drug-likeness (QED) is 0.826. The van der Waals surface area contributed by atoms with Crippen molar-refractivity contribution in [3.8, 4) is 0 Å². The van der Waals surface area contributed by atoms with Gasteiger partial charge in [0.25, 0.3) is 0 Å². The maximum absolute atomic E-state index is 12.2. The predicted octanol–water partition coefficient (Wildman–Crippen LogP) is 2.04. The van der Waals surface area contributed by atoms with Crippen LogP contribution in [-0.2, 0) is 20.8 Å². The number of nitrogens with one attached hydrogen (secondary N) is 1. The normalized spacial score (nSPS) is 20.5. The topological polar surface area (TPSA) is 60.0 Å². The van der Waals surface area contributed by atoms with Crippen LogP contribution in [0.3, 0.4) is 0 Å². The average molecular weight is 336 g/mol. The van der Waals surface area contributed by atoms with E-state index in [1.807, 2.05) is 37.3 Å². The van der Waals surface area contributed by atoms with Gasteiger partial charge in [0.05, 0.1) is 25.4 Å². The second kappa shape index (κ2) is 9.61. The van der Waals surface area contributed by atoms with Crippen molar-refractivity contribution in [3.63, 3.8) is 0 Å². The molecule has 3 unspecified atom stereocenters. The lowest BCUT2D eigenvalue weighted by Crippen LogP contribution is -2.51. The highest BCUT2D eigenvalue weighted by Gasteiger charge is 2.26. The van der Waals surface area contributed by atoms with Gasteiger partial charge in [-0.15, -0.1) is 0 Å². The second-order valence-corrected chi connectivity index (χ2v) is 6.12. The molecule has 1 saturated heterocycles. The Morgan fingerprint density at radius 1 is 1.38 bits per heavy atom. The van der Waals surface area contributed by atoms with E-state index in [0.717, 1.165) is 5.56 Å². The molecule has 0 saturated carbocycles. The maximum Gasteiger partial charge on any atom is 0.410 e. The van der Waals surface area contributed by atoms with Crippen LogP contribution in [0.4, 0.5) is 4.79 Å². The first kappa shape index (κ1) is 18.7. The number of carbonyl (C=O) groups excluding carboxylic acids is 1. The summed E-state index contributed by atoms with van der Waals surface area (Å²) in [6.45, 7) is 6.69. The molecule has 0 bridgehead atoms. The third-order valence-electron chi connectivity index (χ3n) is 4.35. The molecule has 24 heavy (non-hydrogen) atoms. The first-order chi connectivity index (χ1) is 11.6. The summed E-state index contributed by atoms with van der Waals surface area (Å²) in [5.41, 5.74) is 0.986. The number of hydrogen-bond acceptors (Lipinski definition) is 5. The highest BCUT2D eigenvalue weighted by Crippen LogP contribution is 2.09. The fourth-order valence-corrected chi connectivity index (χ4v) is 2.51. The number of nitrogens with zero attached hydrogens (tertiary/aromatic N) is 1. The van der Waals surface area contributed by atoms with E-state index in [0.29, 0.717) is 32.8 Å². The average Bonchev–Trinajstić information content (AvgIpc) is 2.64. The van der Waals surface area contributed by atoms with Gasteiger partial charge in [0, 0.05) is 26.2 Å². The molecule has 1 fully saturated rings. The molecule has 6 nitrogen and oxygen atoms in total. The van der Waals surface area contributed by atoms with Gasteiger partial charge in [0.2, 0.25) is 0 Å². The summed E-state index contributed by atoms with van der Waals surface area (Å²) in [6, 6.07) is 9.91. The molecule has 3 atom stereocenters. The zero-order valence-corrected chi connectivity index (χ0v) is 14.7. The fourth-order valence-electron chi connectivity index (χ4n) is 2.51. The van der Waals surface area contributed by atoms with Gasteiger partial charge in [-0.05, 0) is 19.4 Å². The number of ether oxygens (including phenoxy) is 3. The lowest BCUT2D eigenvalue weighted by Gasteiger charge is -2.33. The van der Waals surface area contributed by atoms with Crippen LogP contribution in [0.25, 0.3) is 0 Å². The zero-order valence-electron chi connectivity index (χ0n) is 14.7. The first-order valence-corrected chi connectivity index (χ1v) is 8.43. The van der Waals surface area contributed by atoms with Crippen LogP contribution >= 0.6 is 0 Å². The van der Waals surface area contributed by atoms with Gasteiger partial charge in [-0.3, -0.25) is 0 Å². The van der Waals surface area contributed by atoms with E-state index in [9.17, 15) is 4.79 Å². The van der Waals surface area contributed by atoms with Crippen molar-refractivity contribution in [1.29, 1.82) is 0 Å². The first-order valence-electron chi connectivity index (χ1n) is 8.43. The molecule has 1 N–H and O–H groups in total. The Morgan fingerprint density at radius 3 is 2.83 bits per heavy atom. The summed E-state index contributed by atoms with van der Waals surface area (Å²) in [7, 11) is 1.70. The molecule has 0 aromatic heterocycles. The Kier molecular flexibility index (Phi) is 7.49. The van der Waals surface area contributed by atoms with Crippen molar-refractivity contribution in [2.75, 3.05) is 33.4 Å². The summed E-state index contributed by atoms with van der Waals surface area (Å²) in [6.07, 6.45) is -0.194. The Balaban J connectivity index is 1.74. The molecule has 6 heteroatoms. The van der Waals surface area contributed by atoms with Gasteiger partial charge in [-0.2, -0.15) is 0 Å². The van der Waals surface area contributed by atoms with Crippen molar-refractivity contribution in [2.24, 2.45) is 0 Å². The molecular weight excluding hydrogens is 308 g/mol. The highest BCUT2D eigenvalue weighted by molar-refractivity contribution is 5.67. The minimum Gasteiger partial charge on any atom is -0.445 e. The molecule has 0 radical (unpaired) electrons. The molecule has 0 aliphatic carbocycles. The molecule has 2 rings (SSSR count). The molecule has 1 aliphatic rings. The Hall–Kier alpha value is -1.63. The molecule has 1 heterocycles. The SMILES string of the molecule is COC(C)C(C)NCC1CN(C(=O)OCc2ccccc2)CCO1. The largest absolute Gasteiger partial charge is 0.445 e. The second-order valence-electron chi connectivity index (χ2n) is 6.12. The smallest absolute Gasteiger partial charge is 0.410 e. The van der Waals surface area contributed by atoms with Gasteiger partial charge < -0.3 is 24.4 Å². The van der Waals surface area contributed by atoms with Crippen molar-refractivity contribution in [1.82, 2.24) is 10.2 Å². The summed E-state index contributed by atoms with van der Waals surface area (Å²) in [5, 5.41) is 3.39. The third-order valence-corrected chi connectivity index (χ3v) is 4.35. The van der Waals surface area contributed by atoms with E-state index in [1.165, 1.54) is 0 Å². The monoisotopic (exact) mass is 336 g/mol. The number of methoxy groups -OCH3 is 1. The number of hydrogen-bond donors (Lipinski definition) is 1. The highest BCUT2D eigenvalue weighted by atomic mass is 16.6. The molecule has 1 aromatic rings. The van der Waals surface area contributed by atoms with E-state index in [2.05, 4.69) is 12.2 Å². The molecular formula is C18H28N2O4. The van der Waals surface area contributed by atoms with E-state index in [-0.39, 0.29) is 24.3 Å². The molecule has 0 spiro atoms. The zero-order chi connectivity index (χ0) is 17.4. The summed E-state index contributed by atoms with van der Waals surface area (Å²) in [4.78, 5) is 13.9. The van der Waals surface area contributed by atoms with Crippen LogP contribution < -0.4 is 5.32 Å². The van der Waals surface area contributed by atoms with Crippen LogP contribution in [0.5, 0.6) is 0 Å². The van der Waals surface area contributed by atoms with E-state index in [4.69, 9.17) is 14.2 Å². The van der Waals surface area contributed by atoms with Crippen LogP contribution in [0.2, 0.25) is 0 Å². The van der Waals surface area contributed by atoms with E-state index < -0.39 is 0 Å². The number of carbonyl (C=O) groups is 1. The molecule has 1 aliphatic heterocycles. The Labute approximate surface area is 144 Å². The molecule has 1 aromatic carbocycles. The summed E-state index contributed by atoms with van der Waals surface area (Å²) in [5.74, 6) is 0. The standard InChI is InChI=1S/C18H28N2O4/c1-14(15(2)22-3)19-11-17-12-20(9-10-23-17)18(21)24-13-16-7-5-4-6-8-16/h4-8,14-15,17,19H,9-13H2,1-3H3. The van der Waals surface area contributed by atoms with Crippen molar-refractivity contribution in [3.05, 3.63) is 35.9 Å². The minimum absolute atomic E-state index is 0.0328. The summed E-state index contributed by atoms with van der Waals surface area (Å²) >= 11 is 0. The van der Waals surface area contributed by atoms with Gasteiger partial charge in [-0.25, -0.2) is 4.79 Å². The van der Waals surface area contributed by atoms with Gasteiger partial charge in [0.15, 0.2) is 0 Å². The van der Waals surface area contributed by atoms with Gasteiger partial charge in [0.1, 0.15) is 6.61 Å². The van der Waals surface area contributed by atoms with Gasteiger partial charge in [-0.1, -0.05) is 30.3 Å². The number of morpholine rings is 1. The molecule has 134 valence electrons. The fraction of sp³-hybridized carbons (Fsp3) is 0.611. The predicted molar refractivity (Wildman–Crippen MR) is 91.9 cm³/mol. The lowest BCUT2D eigenvalue weighted by atomic mass is 10.2.